The molecule has 1 aliphatic rings. The van der Waals surface area contributed by atoms with Gasteiger partial charge in [0, 0.05) is 5.56 Å². The van der Waals surface area contributed by atoms with Gasteiger partial charge >= 0.3 is 0 Å². The number of ketones is 1. The molecule has 2 heteroatoms. The molecular weight excluding hydrogens is 318 g/mol. The van der Waals surface area contributed by atoms with E-state index < -0.39 is 0 Å². The second-order valence-corrected chi connectivity index (χ2v) is 8.22. The number of Topliss-reactive ketones (excluding diaryl/α,β-unsaturated/α-hetero) is 1. The largest absolute Gasteiger partial charge is 0.295 e. The van der Waals surface area contributed by atoms with Crippen molar-refractivity contribution in [1.29, 1.82) is 5.26 Å². The van der Waals surface area contributed by atoms with Gasteiger partial charge in [-0.3, -0.25) is 4.79 Å². The molecule has 0 atom stereocenters. The predicted octanol–water partition coefficient (Wildman–Crippen LogP) is 7.20. The Morgan fingerprint density at radius 3 is 2.15 bits per heavy atom. The molecule has 0 saturated heterocycles. The van der Waals surface area contributed by atoms with Crippen LogP contribution in [0.1, 0.15) is 113 Å². The minimum absolute atomic E-state index is 0.0841. The first-order valence-electron chi connectivity index (χ1n) is 10.6. The van der Waals surface area contributed by atoms with E-state index in [2.05, 4.69) is 25.1 Å². The molecule has 2 nitrogen and oxygen atoms in total. The first-order chi connectivity index (χ1) is 12.6. The molecule has 1 fully saturated rings. The van der Waals surface area contributed by atoms with Gasteiger partial charge in [-0.25, -0.2) is 0 Å². The summed E-state index contributed by atoms with van der Waals surface area (Å²) in [5.41, 5.74) is 2.03. The van der Waals surface area contributed by atoms with Crippen LogP contribution in [0.15, 0.2) is 24.3 Å². The third-order valence-corrected chi connectivity index (χ3v) is 6.23. The van der Waals surface area contributed by atoms with E-state index in [-0.39, 0.29) is 11.2 Å². The molecule has 0 bridgehead atoms. The predicted molar refractivity (Wildman–Crippen MR) is 108 cm³/mol. The minimum atomic E-state index is -0.0841. The number of nitrogens with zero attached hydrogens (tertiary/aromatic N) is 1. The van der Waals surface area contributed by atoms with E-state index in [0.717, 1.165) is 37.7 Å². The van der Waals surface area contributed by atoms with Gasteiger partial charge < -0.3 is 0 Å². The Kier molecular flexibility index (Phi) is 8.36. The van der Waals surface area contributed by atoms with Gasteiger partial charge in [-0.05, 0) is 50.5 Å². The summed E-state index contributed by atoms with van der Waals surface area (Å²) in [5.74, 6) is 0.671. The first-order valence-corrected chi connectivity index (χ1v) is 10.6. The smallest absolute Gasteiger partial charge is 0.159 e. The van der Waals surface area contributed by atoms with Gasteiger partial charge in [0.1, 0.15) is 0 Å². The molecule has 0 aliphatic heterocycles. The van der Waals surface area contributed by atoms with E-state index in [1.165, 1.54) is 50.5 Å². The maximum Gasteiger partial charge on any atom is 0.159 e. The van der Waals surface area contributed by atoms with Gasteiger partial charge in [-0.1, -0.05) is 76.1 Å². The fourth-order valence-electron chi connectivity index (χ4n) is 4.33. The van der Waals surface area contributed by atoms with Crippen molar-refractivity contribution in [2.45, 2.75) is 96.8 Å². The van der Waals surface area contributed by atoms with Gasteiger partial charge in [-0.2, -0.15) is 5.26 Å². The highest BCUT2D eigenvalue weighted by atomic mass is 16.1. The Balaban J connectivity index is 1.77. The topological polar surface area (TPSA) is 40.9 Å². The highest BCUT2D eigenvalue weighted by molar-refractivity contribution is 5.94. The number of rotatable bonds is 10. The van der Waals surface area contributed by atoms with Crippen molar-refractivity contribution in [3.8, 4) is 6.07 Å². The van der Waals surface area contributed by atoms with Crippen LogP contribution >= 0.6 is 0 Å². The van der Waals surface area contributed by atoms with E-state index in [1.807, 2.05) is 12.1 Å². The van der Waals surface area contributed by atoms with E-state index in [9.17, 15) is 10.1 Å². The quantitative estimate of drug-likeness (QED) is 0.329. The fourth-order valence-corrected chi connectivity index (χ4v) is 4.33. The summed E-state index contributed by atoms with van der Waals surface area (Å²) < 4.78 is 0. The summed E-state index contributed by atoms with van der Waals surface area (Å²) in [7, 11) is 0. The molecule has 1 saturated carbocycles. The number of carbonyl (C=O) groups is 1. The van der Waals surface area contributed by atoms with Crippen LogP contribution in [-0.2, 0) is 0 Å². The van der Waals surface area contributed by atoms with Crippen molar-refractivity contribution in [2.24, 2.45) is 5.41 Å². The Morgan fingerprint density at radius 1 is 1.04 bits per heavy atom. The normalized spacial score (nSPS) is 22.7. The van der Waals surface area contributed by atoms with Crippen LogP contribution in [0.3, 0.4) is 0 Å². The maximum absolute atomic E-state index is 11.4. The zero-order chi connectivity index (χ0) is 18.8. The standard InChI is InChI=1S/C24H35NO/c1-3-4-5-6-7-8-9-16-24(19-25)17-14-23(15-18-24)22-12-10-21(11-13-22)20(2)26/h10-13,23H,3-9,14-18H2,1-2H3. The summed E-state index contributed by atoms with van der Waals surface area (Å²) >= 11 is 0. The van der Waals surface area contributed by atoms with Gasteiger partial charge in [0.05, 0.1) is 11.5 Å². The molecule has 1 aromatic rings. The van der Waals surface area contributed by atoms with E-state index >= 15 is 0 Å². The number of benzene rings is 1. The Morgan fingerprint density at radius 2 is 1.62 bits per heavy atom. The van der Waals surface area contributed by atoms with Crippen LogP contribution in [0.4, 0.5) is 0 Å². The molecule has 0 spiro atoms. The molecular formula is C24H35NO. The number of nitriles is 1. The van der Waals surface area contributed by atoms with Crippen molar-refractivity contribution >= 4 is 5.78 Å². The first kappa shape index (κ1) is 20.7. The molecule has 0 heterocycles. The summed E-state index contributed by atoms with van der Waals surface area (Å²) in [6.45, 7) is 3.87. The lowest BCUT2D eigenvalue weighted by atomic mass is 9.67. The van der Waals surface area contributed by atoms with Gasteiger partial charge in [0.25, 0.3) is 0 Å². The van der Waals surface area contributed by atoms with Crippen LogP contribution < -0.4 is 0 Å². The average molecular weight is 354 g/mol. The molecule has 0 radical (unpaired) electrons. The van der Waals surface area contributed by atoms with Crippen LogP contribution in [-0.4, -0.2) is 5.78 Å². The lowest BCUT2D eigenvalue weighted by Crippen LogP contribution is -2.25. The molecule has 2 rings (SSSR count). The highest BCUT2D eigenvalue weighted by Crippen LogP contribution is 2.45. The van der Waals surface area contributed by atoms with Gasteiger partial charge in [0.2, 0.25) is 0 Å². The van der Waals surface area contributed by atoms with Crippen molar-refractivity contribution in [1.82, 2.24) is 0 Å². The van der Waals surface area contributed by atoms with Gasteiger partial charge in [0.15, 0.2) is 5.78 Å². The molecule has 26 heavy (non-hydrogen) atoms. The van der Waals surface area contributed by atoms with Crippen molar-refractivity contribution < 1.29 is 4.79 Å². The lowest BCUT2D eigenvalue weighted by Gasteiger charge is -2.35. The Hall–Kier alpha value is -1.62. The van der Waals surface area contributed by atoms with Crippen molar-refractivity contribution in [3.63, 3.8) is 0 Å². The molecule has 1 aromatic carbocycles. The molecule has 1 aliphatic carbocycles. The number of hydrogen-bond acceptors (Lipinski definition) is 2. The minimum Gasteiger partial charge on any atom is -0.295 e. The van der Waals surface area contributed by atoms with E-state index in [4.69, 9.17) is 0 Å². The third kappa shape index (κ3) is 5.97. The Labute approximate surface area is 160 Å². The fraction of sp³-hybridized carbons (Fsp3) is 0.667. The monoisotopic (exact) mass is 353 g/mol. The van der Waals surface area contributed by atoms with Crippen LogP contribution in [0.5, 0.6) is 0 Å². The van der Waals surface area contributed by atoms with E-state index in [1.54, 1.807) is 6.92 Å². The second-order valence-electron chi connectivity index (χ2n) is 8.22. The number of unbranched alkanes of at least 4 members (excludes halogenated alkanes) is 6. The van der Waals surface area contributed by atoms with Crippen LogP contribution in [0.2, 0.25) is 0 Å². The van der Waals surface area contributed by atoms with Crippen LogP contribution in [0.25, 0.3) is 0 Å². The molecule has 0 aromatic heterocycles. The molecule has 0 unspecified atom stereocenters. The SMILES string of the molecule is CCCCCCCCCC1(C#N)CCC(c2ccc(C(C)=O)cc2)CC1. The van der Waals surface area contributed by atoms with Gasteiger partial charge in [-0.15, -0.1) is 0 Å². The highest BCUT2D eigenvalue weighted by Gasteiger charge is 2.35. The zero-order valence-corrected chi connectivity index (χ0v) is 16.7. The molecule has 0 amide bonds. The number of carbonyl (C=O) groups excluding carboxylic acids is 1. The molecule has 142 valence electrons. The summed E-state index contributed by atoms with van der Waals surface area (Å²) in [6, 6.07) is 10.8. The summed E-state index contributed by atoms with van der Waals surface area (Å²) in [6.07, 6.45) is 14.5. The van der Waals surface area contributed by atoms with E-state index in [0.29, 0.717) is 5.92 Å². The van der Waals surface area contributed by atoms with Crippen LogP contribution in [0, 0.1) is 16.7 Å². The lowest BCUT2D eigenvalue weighted by molar-refractivity contribution is 0.101. The second kappa shape index (κ2) is 10.5. The summed E-state index contributed by atoms with van der Waals surface area (Å²) in [4.78, 5) is 11.4. The maximum atomic E-state index is 11.4. The van der Waals surface area contributed by atoms with Crippen molar-refractivity contribution in [2.75, 3.05) is 0 Å². The van der Waals surface area contributed by atoms with Crippen molar-refractivity contribution in [3.05, 3.63) is 35.4 Å². The summed E-state index contributed by atoms with van der Waals surface area (Å²) in [5, 5.41) is 9.78. The number of hydrogen-bond donors (Lipinski definition) is 0. The average Bonchev–Trinajstić information content (AvgIpc) is 2.68. The molecule has 0 N–H and O–H groups in total. The zero-order valence-electron chi connectivity index (χ0n) is 16.7. The Bertz CT molecular complexity index is 588. The third-order valence-electron chi connectivity index (χ3n) is 6.23.